The molecule has 0 spiro atoms. The van der Waals surface area contributed by atoms with Gasteiger partial charge in [-0.3, -0.25) is 4.79 Å². The minimum absolute atomic E-state index is 0.153. The number of amides is 1. The molecule has 1 amide bonds. The molecule has 0 bridgehead atoms. The van der Waals surface area contributed by atoms with Crippen LogP contribution in [-0.4, -0.2) is 26.1 Å². The number of carbonyl (C=O) groups is 1. The van der Waals surface area contributed by atoms with Gasteiger partial charge >= 0.3 is 0 Å². The molecule has 4 nitrogen and oxygen atoms in total. The summed E-state index contributed by atoms with van der Waals surface area (Å²) in [5.41, 5.74) is 7.62. The van der Waals surface area contributed by atoms with Gasteiger partial charge in [0.1, 0.15) is 5.75 Å². The van der Waals surface area contributed by atoms with Crippen molar-refractivity contribution in [2.24, 2.45) is 11.1 Å². The number of nitrogens with two attached hydrogens (primary N) is 1. The Balaban J connectivity index is 1.83. The molecule has 1 aromatic carbocycles. The second-order valence-electron chi connectivity index (χ2n) is 5.59. The van der Waals surface area contributed by atoms with E-state index < -0.39 is 0 Å². The standard InChI is InChI=1S/C15H20N2O2/c1-17(14(18)15(10-16)6-2-7-15)12-3-4-13-11(9-12)5-8-19-13/h3-4,9H,2,5-8,10,16H2,1H3. The molecule has 2 aliphatic rings. The molecule has 1 saturated carbocycles. The van der Waals surface area contributed by atoms with Crippen molar-refractivity contribution in [1.29, 1.82) is 0 Å². The second kappa shape index (κ2) is 4.53. The highest BCUT2D eigenvalue weighted by Crippen LogP contribution is 2.42. The quantitative estimate of drug-likeness (QED) is 0.900. The lowest BCUT2D eigenvalue weighted by Crippen LogP contribution is -2.51. The summed E-state index contributed by atoms with van der Waals surface area (Å²) in [6, 6.07) is 5.96. The van der Waals surface area contributed by atoms with Gasteiger partial charge in [-0.2, -0.15) is 0 Å². The highest BCUT2D eigenvalue weighted by Gasteiger charge is 2.44. The van der Waals surface area contributed by atoms with E-state index in [4.69, 9.17) is 10.5 Å². The summed E-state index contributed by atoms with van der Waals surface area (Å²) < 4.78 is 5.49. The first-order chi connectivity index (χ1) is 9.16. The van der Waals surface area contributed by atoms with E-state index in [0.29, 0.717) is 6.54 Å². The van der Waals surface area contributed by atoms with Crippen molar-refractivity contribution in [2.75, 3.05) is 25.1 Å². The van der Waals surface area contributed by atoms with Crippen molar-refractivity contribution >= 4 is 11.6 Å². The summed E-state index contributed by atoms with van der Waals surface area (Å²) in [5.74, 6) is 1.10. The molecule has 1 aliphatic carbocycles. The van der Waals surface area contributed by atoms with Crippen LogP contribution in [0.25, 0.3) is 0 Å². The first kappa shape index (κ1) is 12.5. The first-order valence-electron chi connectivity index (χ1n) is 6.90. The van der Waals surface area contributed by atoms with Crippen LogP contribution < -0.4 is 15.4 Å². The largest absolute Gasteiger partial charge is 0.493 e. The van der Waals surface area contributed by atoms with Gasteiger partial charge in [-0.1, -0.05) is 6.42 Å². The molecule has 1 aromatic rings. The molecule has 3 rings (SSSR count). The molecule has 1 heterocycles. The summed E-state index contributed by atoms with van der Waals surface area (Å²) in [6.45, 7) is 1.19. The first-order valence-corrected chi connectivity index (χ1v) is 6.90. The SMILES string of the molecule is CN(C(=O)C1(CN)CCC1)c1ccc2c(c1)CCO2. The number of rotatable bonds is 3. The molecule has 0 aromatic heterocycles. The average Bonchev–Trinajstić information content (AvgIpc) is 2.84. The number of benzene rings is 1. The molecule has 1 aliphatic heterocycles. The molecule has 4 heteroatoms. The second-order valence-corrected chi connectivity index (χ2v) is 5.59. The molecule has 1 fully saturated rings. The Bertz CT molecular complexity index is 503. The highest BCUT2D eigenvalue weighted by atomic mass is 16.5. The van der Waals surface area contributed by atoms with Crippen LogP contribution in [0.1, 0.15) is 24.8 Å². The van der Waals surface area contributed by atoms with Crippen molar-refractivity contribution in [3.63, 3.8) is 0 Å². The van der Waals surface area contributed by atoms with Gasteiger partial charge < -0.3 is 15.4 Å². The van der Waals surface area contributed by atoms with Gasteiger partial charge in [0.15, 0.2) is 0 Å². The number of anilines is 1. The maximum atomic E-state index is 12.6. The van der Waals surface area contributed by atoms with Crippen molar-refractivity contribution < 1.29 is 9.53 Å². The summed E-state index contributed by atoms with van der Waals surface area (Å²) >= 11 is 0. The fourth-order valence-corrected chi connectivity index (χ4v) is 2.96. The summed E-state index contributed by atoms with van der Waals surface area (Å²) in [4.78, 5) is 14.3. The Kier molecular flexibility index (Phi) is 2.97. The molecule has 0 saturated heterocycles. The van der Waals surface area contributed by atoms with E-state index in [2.05, 4.69) is 6.07 Å². The fourth-order valence-electron chi connectivity index (χ4n) is 2.96. The molecule has 0 atom stereocenters. The number of ether oxygens (including phenoxy) is 1. The van der Waals surface area contributed by atoms with Crippen LogP contribution in [0, 0.1) is 5.41 Å². The zero-order chi connectivity index (χ0) is 13.5. The molecular weight excluding hydrogens is 240 g/mol. The predicted molar refractivity (Wildman–Crippen MR) is 74.4 cm³/mol. The van der Waals surface area contributed by atoms with E-state index in [-0.39, 0.29) is 11.3 Å². The minimum Gasteiger partial charge on any atom is -0.493 e. The molecule has 102 valence electrons. The van der Waals surface area contributed by atoms with E-state index in [1.165, 1.54) is 5.56 Å². The van der Waals surface area contributed by atoms with Gasteiger partial charge in [-0.05, 0) is 36.6 Å². The lowest BCUT2D eigenvalue weighted by atomic mass is 9.68. The molecule has 0 radical (unpaired) electrons. The van der Waals surface area contributed by atoms with E-state index in [1.807, 2.05) is 19.2 Å². The van der Waals surface area contributed by atoms with Gasteiger partial charge in [0.2, 0.25) is 5.91 Å². The van der Waals surface area contributed by atoms with Crippen LogP contribution in [0.15, 0.2) is 18.2 Å². The van der Waals surface area contributed by atoms with Crippen LogP contribution in [0.2, 0.25) is 0 Å². The van der Waals surface area contributed by atoms with Gasteiger partial charge in [0.25, 0.3) is 0 Å². The maximum absolute atomic E-state index is 12.6. The molecule has 19 heavy (non-hydrogen) atoms. The van der Waals surface area contributed by atoms with Gasteiger partial charge in [-0.15, -0.1) is 0 Å². The van der Waals surface area contributed by atoms with Crippen LogP contribution in [0.3, 0.4) is 0 Å². The third kappa shape index (κ3) is 1.91. The molecule has 0 unspecified atom stereocenters. The zero-order valence-corrected chi connectivity index (χ0v) is 11.3. The number of nitrogens with zero attached hydrogens (tertiary/aromatic N) is 1. The summed E-state index contributed by atoms with van der Waals surface area (Å²) in [7, 11) is 1.84. The Labute approximate surface area is 113 Å². The number of hydrogen-bond acceptors (Lipinski definition) is 3. The lowest BCUT2D eigenvalue weighted by molar-refractivity contribution is -0.131. The summed E-state index contributed by atoms with van der Waals surface area (Å²) in [5, 5.41) is 0. The van der Waals surface area contributed by atoms with Crippen molar-refractivity contribution in [2.45, 2.75) is 25.7 Å². The Morgan fingerprint density at radius 1 is 1.47 bits per heavy atom. The van der Waals surface area contributed by atoms with Crippen molar-refractivity contribution in [3.8, 4) is 5.75 Å². The number of carbonyl (C=O) groups excluding carboxylic acids is 1. The monoisotopic (exact) mass is 260 g/mol. The van der Waals surface area contributed by atoms with Crippen molar-refractivity contribution in [3.05, 3.63) is 23.8 Å². The van der Waals surface area contributed by atoms with Gasteiger partial charge in [-0.25, -0.2) is 0 Å². The number of fused-ring (bicyclic) bond motifs is 1. The summed E-state index contributed by atoms with van der Waals surface area (Å²) in [6.07, 6.45) is 3.86. The van der Waals surface area contributed by atoms with E-state index in [9.17, 15) is 4.79 Å². The zero-order valence-electron chi connectivity index (χ0n) is 11.3. The molecule has 2 N–H and O–H groups in total. The lowest BCUT2D eigenvalue weighted by Gasteiger charge is -2.41. The van der Waals surface area contributed by atoms with Crippen LogP contribution in [-0.2, 0) is 11.2 Å². The van der Waals surface area contributed by atoms with Gasteiger partial charge in [0, 0.05) is 25.7 Å². The van der Waals surface area contributed by atoms with E-state index >= 15 is 0 Å². The van der Waals surface area contributed by atoms with Crippen LogP contribution in [0.4, 0.5) is 5.69 Å². The fraction of sp³-hybridized carbons (Fsp3) is 0.533. The van der Waals surface area contributed by atoms with E-state index in [1.54, 1.807) is 4.90 Å². The number of hydrogen-bond donors (Lipinski definition) is 1. The average molecular weight is 260 g/mol. The Morgan fingerprint density at radius 2 is 2.26 bits per heavy atom. The smallest absolute Gasteiger partial charge is 0.234 e. The van der Waals surface area contributed by atoms with Crippen LogP contribution >= 0.6 is 0 Å². The molecular formula is C15H20N2O2. The van der Waals surface area contributed by atoms with E-state index in [0.717, 1.165) is 43.7 Å². The third-order valence-electron chi connectivity index (χ3n) is 4.52. The normalized spacial score (nSPS) is 19.3. The maximum Gasteiger partial charge on any atom is 0.234 e. The minimum atomic E-state index is -0.315. The Hall–Kier alpha value is -1.55. The highest BCUT2D eigenvalue weighted by molar-refractivity contribution is 5.98. The topological polar surface area (TPSA) is 55.6 Å². The third-order valence-corrected chi connectivity index (χ3v) is 4.52. The predicted octanol–water partition coefficient (Wildman–Crippen LogP) is 1.71. The van der Waals surface area contributed by atoms with Gasteiger partial charge in [0.05, 0.1) is 12.0 Å². The van der Waals surface area contributed by atoms with Crippen LogP contribution in [0.5, 0.6) is 5.75 Å². The van der Waals surface area contributed by atoms with Crippen molar-refractivity contribution in [1.82, 2.24) is 0 Å². The Morgan fingerprint density at radius 3 is 2.89 bits per heavy atom.